The lowest BCUT2D eigenvalue weighted by molar-refractivity contribution is 0.102. The van der Waals surface area contributed by atoms with E-state index in [4.69, 9.17) is 4.74 Å². The molecule has 0 atom stereocenters. The number of carbonyl (C=O) groups excluding carboxylic acids is 1. The second-order valence-electron chi connectivity index (χ2n) is 5.29. The molecule has 0 aliphatic heterocycles. The number of hydrogen-bond acceptors (Lipinski definition) is 6. The molecule has 2 aromatic carbocycles. The van der Waals surface area contributed by atoms with Crippen LogP contribution in [0.3, 0.4) is 0 Å². The molecule has 4 aromatic rings. The van der Waals surface area contributed by atoms with E-state index >= 15 is 0 Å². The van der Waals surface area contributed by atoms with Gasteiger partial charge in [-0.1, -0.05) is 40.4 Å². The highest BCUT2D eigenvalue weighted by molar-refractivity contribution is 7.29. The van der Waals surface area contributed by atoms with Gasteiger partial charge in [-0.05, 0) is 31.2 Å². The van der Waals surface area contributed by atoms with Crippen LogP contribution in [0.4, 0.5) is 5.13 Å². The second-order valence-corrected chi connectivity index (χ2v) is 7.25. The maximum absolute atomic E-state index is 12.4. The summed E-state index contributed by atoms with van der Waals surface area (Å²) in [6, 6.07) is 11.3. The Labute approximate surface area is 145 Å². The largest absolute Gasteiger partial charge is 0.473 e. The number of thiazole rings is 2. The fourth-order valence-corrected chi connectivity index (χ4v) is 4.41. The zero-order valence-electron chi connectivity index (χ0n) is 13.0. The van der Waals surface area contributed by atoms with Gasteiger partial charge in [0.25, 0.3) is 11.1 Å². The topological polar surface area (TPSA) is 64.1 Å². The summed E-state index contributed by atoms with van der Waals surface area (Å²) in [6.07, 6.45) is 0. The van der Waals surface area contributed by atoms with E-state index in [2.05, 4.69) is 15.3 Å². The summed E-state index contributed by atoms with van der Waals surface area (Å²) in [5.41, 5.74) is 3.40. The first-order valence-corrected chi connectivity index (χ1v) is 8.89. The lowest BCUT2D eigenvalue weighted by Gasteiger charge is -2.02. The molecule has 0 saturated carbocycles. The van der Waals surface area contributed by atoms with Crippen molar-refractivity contribution < 1.29 is 9.53 Å². The fourth-order valence-electron chi connectivity index (χ4n) is 2.45. The Morgan fingerprint density at radius 3 is 2.58 bits per heavy atom. The highest BCUT2D eigenvalue weighted by Crippen LogP contribution is 2.38. The van der Waals surface area contributed by atoms with E-state index in [1.807, 2.05) is 37.3 Å². The molecule has 24 heavy (non-hydrogen) atoms. The van der Waals surface area contributed by atoms with Gasteiger partial charge in [-0.25, -0.2) is 9.97 Å². The van der Waals surface area contributed by atoms with Crippen molar-refractivity contribution >= 4 is 54.1 Å². The molecule has 1 N–H and O–H groups in total. The third-order valence-electron chi connectivity index (χ3n) is 3.57. The lowest BCUT2D eigenvalue weighted by Crippen LogP contribution is -2.11. The highest BCUT2D eigenvalue weighted by Gasteiger charge is 2.14. The van der Waals surface area contributed by atoms with Crippen LogP contribution in [0, 0.1) is 6.92 Å². The van der Waals surface area contributed by atoms with E-state index in [9.17, 15) is 4.79 Å². The van der Waals surface area contributed by atoms with E-state index in [1.165, 1.54) is 22.7 Å². The van der Waals surface area contributed by atoms with Crippen LogP contribution in [0.25, 0.3) is 20.4 Å². The van der Waals surface area contributed by atoms with E-state index in [0.29, 0.717) is 15.9 Å². The second kappa shape index (κ2) is 5.85. The Morgan fingerprint density at radius 2 is 1.83 bits per heavy atom. The molecular formula is C17H13N3O2S2. The Kier molecular flexibility index (Phi) is 3.66. The van der Waals surface area contributed by atoms with E-state index in [1.54, 1.807) is 13.2 Å². The predicted molar refractivity (Wildman–Crippen MR) is 98.5 cm³/mol. The van der Waals surface area contributed by atoms with Crippen molar-refractivity contribution in [2.75, 3.05) is 12.4 Å². The number of fused-ring (bicyclic) bond motifs is 3. The third kappa shape index (κ3) is 2.61. The maximum Gasteiger partial charge on any atom is 0.274 e. The molecule has 0 aliphatic rings. The molecule has 2 heterocycles. The smallest absolute Gasteiger partial charge is 0.274 e. The number of ether oxygens (including phenoxy) is 1. The van der Waals surface area contributed by atoms with Gasteiger partial charge >= 0.3 is 0 Å². The van der Waals surface area contributed by atoms with Crippen LogP contribution in [0.2, 0.25) is 0 Å². The molecule has 7 heteroatoms. The van der Waals surface area contributed by atoms with Crippen molar-refractivity contribution in [3.8, 4) is 5.19 Å². The van der Waals surface area contributed by atoms with Crippen LogP contribution < -0.4 is 10.1 Å². The Morgan fingerprint density at radius 1 is 1.08 bits per heavy atom. The Balaban J connectivity index is 1.71. The molecule has 5 nitrogen and oxygen atoms in total. The normalized spacial score (nSPS) is 11.1. The van der Waals surface area contributed by atoms with Crippen LogP contribution in [0.15, 0.2) is 36.4 Å². The lowest BCUT2D eigenvalue weighted by atomic mass is 10.1. The number of carbonyl (C=O) groups is 1. The molecule has 120 valence electrons. The van der Waals surface area contributed by atoms with Crippen molar-refractivity contribution in [3.63, 3.8) is 0 Å². The summed E-state index contributed by atoms with van der Waals surface area (Å²) < 4.78 is 7.24. The third-order valence-corrected chi connectivity index (χ3v) is 5.75. The zero-order chi connectivity index (χ0) is 16.7. The maximum atomic E-state index is 12.4. The van der Waals surface area contributed by atoms with Gasteiger partial charge in [0.1, 0.15) is 0 Å². The molecule has 0 fully saturated rings. The number of nitrogens with one attached hydrogen (secondary N) is 1. The number of aromatic nitrogens is 2. The van der Waals surface area contributed by atoms with Crippen molar-refractivity contribution in [3.05, 3.63) is 47.5 Å². The minimum Gasteiger partial charge on any atom is -0.473 e. The number of nitrogens with zero attached hydrogens (tertiary/aromatic N) is 2. The predicted octanol–water partition coefficient (Wildman–Crippen LogP) is 4.48. The van der Waals surface area contributed by atoms with Crippen LogP contribution in [-0.4, -0.2) is 23.0 Å². The van der Waals surface area contributed by atoms with E-state index in [0.717, 1.165) is 26.0 Å². The van der Waals surface area contributed by atoms with Gasteiger partial charge in [0.2, 0.25) is 0 Å². The van der Waals surface area contributed by atoms with Crippen LogP contribution in [0.1, 0.15) is 15.9 Å². The summed E-state index contributed by atoms with van der Waals surface area (Å²) in [4.78, 5) is 21.3. The number of hydrogen-bond donors (Lipinski definition) is 1. The summed E-state index contributed by atoms with van der Waals surface area (Å²) in [5.74, 6) is -0.157. The van der Waals surface area contributed by atoms with Crippen molar-refractivity contribution in [2.45, 2.75) is 6.92 Å². The van der Waals surface area contributed by atoms with Crippen molar-refractivity contribution in [1.29, 1.82) is 0 Å². The van der Waals surface area contributed by atoms with Gasteiger partial charge in [0.15, 0.2) is 5.13 Å². The molecule has 0 saturated heterocycles. The average Bonchev–Trinajstić information content (AvgIpc) is 3.17. The number of aryl methyl sites for hydroxylation is 1. The van der Waals surface area contributed by atoms with E-state index in [-0.39, 0.29) is 5.91 Å². The first kappa shape index (κ1) is 15.0. The molecule has 1 amide bonds. The Bertz CT molecular complexity index is 1070. The van der Waals surface area contributed by atoms with Crippen molar-refractivity contribution in [2.24, 2.45) is 0 Å². The first-order valence-electron chi connectivity index (χ1n) is 7.26. The number of benzene rings is 2. The van der Waals surface area contributed by atoms with Gasteiger partial charge in [-0.15, -0.1) is 0 Å². The zero-order valence-corrected chi connectivity index (χ0v) is 14.6. The minimum absolute atomic E-state index is 0.157. The van der Waals surface area contributed by atoms with Crippen LogP contribution >= 0.6 is 22.7 Å². The van der Waals surface area contributed by atoms with E-state index < -0.39 is 0 Å². The van der Waals surface area contributed by atoms with Gasteiger partial charge in [-0.3, -0.25) is 10.1 Å². The quantitative estimate of drug-likeness (QED) is 0.589. The van der Waals surface area contributed by atoms with Gasteiger partial charge in [0, 0.05) is 5.56 Å². The molecule has 2 aromatic heterocycles. The molecule has 4 rings (SSSR count). The highest BCUT2D eigenvalue weighted by atomic mass is 32.1. The molecule has 0 aliphatic carbocycles. The summed E-state index contributed by atoms with van der Waals surface area (Å²) >= 11 is 2.93. The fraction of sp³-hybridized carbons (Fsp3) is 0.118. The molecule has 0 spiro atoms. The van der Waals surface area contributed by atoms with Gasteiger partial charge in [-0.2, -0.15) is 0 Å². The van der Waals surface area contributed by atoms with Crippen LogP contribution in [0.5, 0.6) is 5.19 Å². The Hall–Kier alpha value is -2.51. The number of anilines is 1. The summed E-state index contributed by atoms with van der Waals surface area (Å²) in [5, 5.41) is 4.08. The molecule has 0 radical (unpaired) electrons. The average molecular weight is 355 g/mol. The summed E-state index contributed by atoms with van der Waals surface area (Å²) in [6.45, 7) is 1.96. The van der Waals surface area contributed by atoms with Crippen LogP contribution in [-0.2, 0) is 0 Å². The SMILES string of the molecule is COc1nc2ccc3nc(NC(=O)c4cccc(C)c4)sc3c2s1. The minimum atomic E-state index is -0.157. The monoisotopic (exact) mass is 355 g/mol. The molecule has 0 unspecified atom stereocenters. The standard InChI is InChI=1S/C17H13N3O2S2/c1-9-4-3-5-10(8-9)15(21)20-16-18-11-6-7-12-14(13(11)23-16)24-17(19-12)22-2/h3-8H,1-2H3,(H,18,20,21). The first-order chi connectivity index (χ1) is 11.6. The molecular weight excluding hydrogens is 342 g/mol. The van der Waals surface area contributed by atoms with Gasteiger partial charge in [0.05, 0.1) is 27.5 Å². The number of rotatable bonds is 3. The molecule has 0 bridgehead atoms. The number of amides is 1. The summed E-state index contributed by atoms with van der Waals surface area (Å²) in [7, 11) is 1.61. The number of methoxy groups -OCH3 is 1. The van der Waals surface area contributed by atoms with Crippen molar-refractivity contribution in [1.82, 2.24) is 9.97 Å². The van der Waals surface area contributed by atoms with Gasteiger partial charge < -0.3 is 4.74 Å².